The molecule has 1 N–H and O–H groups in total. The third-order valence-corrected chi connectivity index (χ3v) is 6.38. The lowest BCUT2D eigenvalue weighted by Gasteiger charge is -2.21. The number of furan rings is 1. The van der Waals surface area contributed by atoms with Gasteiger partial charge >= 0.3 is 0 Å². The Kier molecular flexibility index (Phi) is 4.30. The van der Waals surface area contributed by atoms with Gasteiger partial charge in [0.1, 0.15) is 17.2 Å². The minimum absolute atomic E-state index is 0.0561. The summed E-state index contributed by atoms with van der Waals surface area (Å²) in [6.45, 7) is 1.28. The van der Waals surface area contributed by atoms with Crippen LogP contribution in [0.15, 0.2) is 56.7 Å². The Labute approximate surface area is 150 Å². The van der Waals surface area contributed by atoms with Crippen molar-refractivity contribution in [1.82, 2.24) is 5.32 Å². The number of hydrogen-bond acceptors (Lipinski definition) is 5. The van der Waals surface area contributed by atoms with Gasteiger partial charge in [0.15, 0.2) is 0 Å². The van der Waals surface area contributed by atoms with Gasteiger partial charge in [-0.2, -0.15) is 0 Å². The summed E-state index contributed by atoms with van der Waals surface area (Å²) in [5.74, 6) is 0.197. The fourth-order valence-electron chi connectivity index (χ4n) is 3.39. The van der Waals surface area contributed by atoms with E-state index in [1.165, 1.54) is 24.3 Å². The summed E-state index contributed by atoms with van der Waals surface area (Å²) < 4.78 is 50.2. The van der Waals surface area contributed by atoms with Gasteiger partial charge < -0.3 is 14.5 Å². The van der Waals surface area contributed by atoms with Gasteiger partial charge in [-0.05, 0) is 36.8 Å². The number of methoxy groups -OCH3 is 1. The highest BCUT2D eigenvalue weighted by atomic mass is 32.2. The fourth-order valence-corrected chi connectivity index (χ4v) is 4.70. The summed E-state index contributed by atoms with van der Waals surface area (Å²) in [5, 5.41) is 4.24. The topological polar surface area (TPSA) is 68.5 Å². The highest BCUT2D eigenvalue weighted by molar-refractivity contribution is 7.91. The van der Waals surface area contributed by atoms with Gasteiger partial charge in [-0.3, -0.25) is 0 Å². The molecule has 26 heavy (non-hydrogen) atoms. The number of nitrogens with one attached hydrogen (secondary N) is 1. The largest absolute Gasteiger partial charge is 0.459 e. The molecule has 0 saturated carbocycles. The molecule has 0 radical (unpaired) electrons. The Bertz CT molecular complexity index is 1070. The molecule has 1 unspecified atom stereocenters. The first-order valence-electron chi connectivity index (χ1n) is 8.29. The van der Waals surface area contributed by atoms with Gasteiger partial charge in [-0.1, -0.05) is 6.07 Å². The summed E-state index contributed by atoms with van der Waals surface area (Å²) in [5.41, 5.74) is 1.59. The smallest absolute Gasteiger partial charge is 0.206 e. The van der Waals surface area contributed by atoms with Crippen LogP contribution in [0.25, 0.3) is 11.0 Å². The highest BCUT2D eigenvalue weighted by Crippen LogP contribution is 2.35. The molecule has 0 spiro atoms. The molecule has 3 aromatic rings. The maximum absolute atomic E-state index is 13.4. The van der Waals surface area contributed by atoms with Crippen molar-refractivity contribution in [3.63, 3.8) is 0 Å². The average Bonchev–Trinajstić information content (AvgIpc) is 3.01. The molecule has 0 saturated heterocycles. The van der Waals surface area contributed by atoms with Crippen LogP contribution in [0.3, 0.4) is 0 Å². The first-order chi connectivity index (χ1) is 12.5. The third kappa shape index (κ3) is 2.82. The van der Waals surface area contributed by atoms with Gasteiger partial charge in [0, 0.05) is 30.7 Å². The zero-order chi connectivity index (χ0) is 18.3. The molecule has 0 aliphatic carbocycles. The highest BCUT2D eigenvalue weighted by Gasteiger charge is 2.27. The molecule has 5 nitrogen and oxygen atoms in total. The van der Waals surface area contributed by atoms with Crippen molar-refractivity contribution in [2.24, 2.45) is 0 Å². The Morgan fingerprint density at radius 3 is 2.81 bits per heavy atom. The standard InChI is InChI=1S/C19H18FNO4S/c1-24-11-17-19-16(7-8-21-17)15-6-5-14(10-18(15)25-19)26(22,23)13-4-2-3-12(20)9-13/h2-6,9-10,17,21H,7-8,11H2,1H3. The monoisotopic (exact) mass is 375 g/mol. The second-order valence-electron chi connectivity index (χ2n) is 6.28. The van der Waals surface area contributed by atoms with E-state index >= 15 is 0 Å². The van der Waals surface area contributed by atoms with Crippen LogP contribution >= 0.6 is 0 Å². The van der Waals surface area contributed by atoms with E-state index in [-0.39, 0.29) is 15.8 Å². The van der Waals surface area contributed by atoms with E-state index in [0.29, 0.717) is 12.2 Å². The van der Waals surface area contributed by atoms with Gasteiger partial charge in [0.2, 0.25) is 9.84 Å². The van der Waals surface area contributed by atoms with Crippen LogP contribution < -0.4 is 5.32 Å². The van der Waals surface area contributed by atoms with Gasteiger partial charge in [-0.15, -0.1) is 0 Å². The van der Waals surface area contributed by atoms with Crippen molar-refractivity contribution >= 4 is 20.8 Å². The van der Waals surface area contributed by atoms with Gasteiger partial charge in [-0.25, -0.2) is 12.8 Å². The molecule has 4 rings (SSSR count). The fraction of sp³-hybridized carbons (Fsp3) is 0.263. The van der Waals surface area contributed by atoms with Crippen LogP contribution in [0.5, 0.6) is 0 Å². The van der Waals surface area contributed by atoms with E-state index in [1.807, 2.05) is 0 Å². The first-order valence-corrected chi connectivity index (χ1v) is 9.77. The van der Waals surface area contributed by atoms with Crippen LogP contribution in [-0.2, 0) is 21.0 Å². The molecule has 2 heterocycles. The van der Waals surface area contributed by atoms with Crippen LogP contribution in [0.4, 0.5) is 4.39 Å². The molecule has 0 amide bonds. The number of fused-ring (bicyclic) bond motifs is 3. The summed E-state index contributed by atoms with van der Waals surface area (Å²) >= 11 is 0. The van der Waals surface area contributed by atoms with Crippen LogP contribution in [0, 0.1) is 5.82 Å². The Hall–Kier alpha value is -2.22. The Morgan fingerprint density at radius 2 is 2.04 bits per heavy atom. The van der Waals surface area contributed by atoms with Crippen LogP contribution in [0.2, 0.25) is 0 Å². The maximum Gasteiger partial charge on any atom is 0.206 e. The zero-order valence-corrected chi connectivity index (χ0v) is 15.0. The van der Waals surface area contributed by atoms with Crippen LogP contribution in [-0.4, -0.2) is 28.7 Å². The normalized spacial score (nSPS) is 17.4. The molecule has 7 heteroatoms. The number of sulfone groups is 1. The SMILES string of the molecule is COCC1NCCc2c1oc1cc(S(=O)(=O)c3cccc(F)c3)ccc21. The van der Waals surface area contributed by atoms with E-state index in [4.69, 9.17) is 9.15 Å². The lowest BCUT2D eigenvalue weighted by Crippen LogP contribution is -2.31. The summed E-state index contributed by atoms with van der Waals surface area (Å²) in [6, 6.07) is 9.76. The molecule has 2 aromatic carbocycles. The van der Waals surface area contributed by atoms with E-state index in [1.54, 1.807) is 19.2 Å². The average molecular weight is 375 g/mol. The van der Waals surface area contributed by atoms with E-state index in [2.05, 4.69) is 5.32 Å². The number of halogens is 1. The lowest BCUT2D eigenvalue weighted by molar-refractivity contribution is 0.154. The van der Waals surface area contributed by atoms with E-state index in [9.17, 15) is 12.8 Å². The second-order valence-corrected chi connectivity index (χ2v) is 8.23. The number of benzene rings is 2. The minimum Gasteiger partial charge on any atom is -0.459 e. The van der Waals surface area contributed by atoms with Gasteiger partial charge in [0.05, 0.1) is 22.4 Å². The van der Waals surface area contributed by atoms with Crippen molar-refractivity contribution in [2.45, 2.75) is 22.3 Å². The molecular formula is C19H18FNO4S. The lowest BCUT2D eigenvalue weighted by atomic mass is 10.00. The first kappa shape index (κ1) is 17.2. The summed E-state index contributed by atoms with van der Waals surface area (Å²) in [4.78, 5) is 0.00467. The number of rotatable bonds is 4. The quantitative estimate of drug-likeness (QED) is 0.758. The third-order valence-electron chi connectivity index (χ3n) is 4.63. The molecule has 1 atom stereocenters. The molecule has 0 fully saturated rings. The second kappa shape index (κ2) is 6.50. The van der Waals surface area contributed by atoms with Crippen molar-refractivity contribution in [2.75, 3.05) is 20.3 Å². The molecule has 1 aliphatic rings. The van der Waals surface area contributed by atoms with Crippen LogP contribution in [0.1, 0.15) is 17.4 Å². The predicted octanol–water partition coefficient (Wildman–Crippen LogP) is 3.24. The number of ether oxygens (including phenoxy) is 1. The Morgan fingerprint density at radius 1 is 1.23 bits per heavy atom. The number of hydrogen-bond donors (Lipinski definition) is 1. The minimum atomic E-state index is -3.82. The predicted molar refractivity (Wildman–Crippen MR) is 94.4 cm³/mol. The van der Waals surface area contributed by atoms with Crippen molar-refractivity contribution in [1.29, 1.82) is 0 Å². The van der Waals surface area contributed by atoms with Crippen molar-refractivity contribution < 1.29 is 22.0 Å². The molecule has 0 bridgehead atoms. The molecule has 1 aliphatic heterocycles. The van der Waals surface area contributed by atoms with Crippen molar-refractivity contribution in [3.8, 4) is 0 Å². The van der Waals surface area contributed by atoms with Gasteiger partial charge in [0.25, 0.3) is 0 Å². The Balaban J connectivity index is 1.81. The zero-order valence-electron chi connectivity index (χ0n) is 14.2. The summed E-state index contributed by atoms with van der Waals surface area (Å²) in [6.07, 6.45) is 0.804. The van der Waals surface area contributed by atoms with E-state index in [0.717, 1.165) is 35.7 Å². The van der Waals surface area contributed by atoms with E-state index < -0.39 is 15.7 Å². The molecule has 1 aromatic heterocycles. The maximum atomic E-state index is 13.4. The molecule has 136 valence electrons. The molecular weight excluding hydrogens is 357 g/mol. The summed E-state index contributed by atoms with van der Waals surface area (Å²) in [7, 11) is -2.19. The van der Waals surface area contributed by atoms with Crippen molar-refractivity contribution in [3.05, 3.63) is 59.6 Å².